The average Bonchev–Trinajstić information content (AvgIpc) is 3.13. The summed E-state index contributed by atoms with van der Waals surface area (Å²) < 4.78 is 41.6. The zero-order chi connectivity index (χ0) is 19.1. The first kappa shape index (κ1) is 18.4. The molecule has 0 radical (unpaired) electrons. The number of rotatable bonds is 3. The van der Waals surface area contributed by atoms with Crippen molar-refractivity contribution in [3.63, 3.8) is 0 Å². The normalized spacial score (nSPS) is 26.5. The lowest BCUT2D eigenvalue weighted by molar-refractivity contribution is -0.322. The summed E-state index contributed by atoms with van der Waals surface area (Å²) in [6.45, 7) is 0. The molecule has 9 heteroatoms. The number of ketones is 1. The number of hydrogen-bond acceptors (Lipinski definition) is 4. The maximum Gasteiger partial charge on any atom is 0.437 e. The fourth-order valence-corrected chi connectivity index (χ4v) is 3.82. The highest BCUT2D eigenvalue weighted by Crippen LogP contribution is 2.47. The quantitative estimate of drug-likeness (QED) is 0.799. The second kappa shape index (κ2) is 6.40. The van der Waals surface area contributed by atoms with E-state index in [1.807, 2.05) is 0 Å². The highest BCUT2D eigenvalue weighted by molar-refractivity contribution is 7.12. The lowest BCUT2D eigenvalue weighted by Gasteiger charge is -2.49. The minimum atomic E-state index is -5.23. The van der Waals surface area contributed by atoms with Crippen molar-refractivity contribution in [3.05, 3.63) is 58.3 Å². The summed E-state index contributed by atoms with van der Waals surface area (Å²) in [5.74, 6) is -2.85. The van der Waals surface area contributed by atoms with Crippen LogP contribution < -0.4 is 5.32 Å². The van der Waals surface area contributed by atoms with Crippen molar-refractivity contribution >= 4 is 23.2 Å². The van der Waals surface area contributed by atoms with E-state index in [4.69, 9.17) is 0 Å². The maximum absolute atomic E-state index is 13.9. The molecule has 2 N–H and O–H groups in total. The first-order valence-electron chi connectivity index (χ1n) is 7.64. The van der Waals surface area contributed by atoms with Crippen LogP contribution in [0.15, 0.2) is 47.8 Å². The Kier molecular flexibility index (Phi) is 4.53. The minimum Gasteiger partial charge on any atom is -0.363 e. The lowest BCUT2D eigenvalue weighted by atomic mass is 9.78. The molecule has 2 heterocycles. The molecule has 1 aliphatic rings. The van der Waals surface area contributed by atoms with Gasteiger partial charge < -0.3 is 10.4 Å². The second-order valence-electron chi connectivity index (χ2n) is 5.94. The van der Waals surface area contributed by atoms with Crippen LogP contribution in [0, 0.1) is 5.92 Å². The molecule has 0 unspecified atom stereocenters. The van der Waals surface area contributed by atoms with Crippen molar-refractivity contribution in [2.75, 3.05) is 7.05 Å². The van der Waals surface area contributed by atoms with Gasteiger partial charge in [0.15, 0.2) is 5.78 Å². The van der Waals surface area contributed by atoms with Gasteiger partial charge in [0.2, 0.25) is 0 Å². The van der Waals surface area contributed by atoms with Gasteiger partial charge in [0.25, 0.3) is 5.72 Å². The number of carbonyl (C=O) groups excluding carboxylic acids is 2. The molecule has 1 aliphatic heterocycles. The van der Waals surface area contributed by atoms with E-state index >= 15 is 0 Å². The van der Waals surface area contributed by atoms with Crippen LogP contribution in [0.4, 0.5) is 18.0 Å². The Balaban J connectivity index is 2.20. The fourth-order valence-electron chi connectivity index (χ4n) is 3.12. The molecule has 3 rings (SSSR count). The molecule has 2 amide bonds. The van der Waals surface area contributed by atoms with Crippen LogP contribution >= 0.6 is 11.3 Å². The van der Waals surface area contributed by atoms with Gasteiger partial charge in [-0.1, -0.05) is 36.4 Å². The van der Waals surface area contributed by atoms with Gasteiger partial charge >= 0.3 is 12.2 Å². The molecule has 2 aromatic rings. The molecule has 1 fully saturated rings. The zero-order valence-electron chi connectivity index (χ0n) is 13.5. The van der Waals surface area contributed by atoms with Crippen LogP contribution in [0.25, 0.3) is 0 Å². The Morgan fingerprint density at radius 2 is 1.88 bits per heavy atom. The van der Waals surface area contributed by atoms with Gasteiger partial charge in [0.1, 0.15) is 5.92 Å². The monoisotopic (exact) mass is 384 g/mol. The number of halogens is 3. The zero-order valence-corrected chi connectivity index (χ0v) is 14.3. The number of aliphatic hydroxyl groups is 1. The molecule has 0 aliphatic carbocycles. The van der Waals surface area contributed by atoms with E-state index in [9.17, 15) is 27.9 Å². The smallest absolute Gasteiger partial charge is 0.363 e. The Morgan fingerprint density at radius 1 is 1.23 bits per heavy atom. The predicted octanol–water partition coefficient (Wildman–Crippen LogP) is 3.19. The van der Waals surface area contributed by atoms with Gasteiger partial charge in [-0.25, -0.2) is 4.79 Å². The van der Waals surface area contributed by atoms with E-state index in [1.54, 1.807) is 23.6 Å². The topological polar surface area (TPSA) is 69.6 Å². The summed E-state index contributed by atoms with van der Waals surface area (Å²) in [5, 5.41) is 14.6. The third-order valence-corrected chi connectivity index (χ3v) is 5.37. The molecule has 3 atom stereocenters. The van der Waals surface area contributed by atoms with E-state index < -0.39 is 35.7 Å². The van der Waals surface area contributed by atoms with Crippen molar-refractivity contribution in [3.8, 4) is 0 Å². The van der Waals surface area contributed by atoms with Crippen LogP contribution in [-0.2, 0) is 0 Å². The fraction of sp³-hybridized carbons (Fsp3) is 0.294. The third-order valence-electron chi connectivity index (χ3n) is 4.48. The summed E-state index contributed by atoms with van der Waals surface area (Å²) in [5.41, 5.74) is -3.34. The Bertz CT molecular complexity index is 810. The Hall–Kier alpha value is -2.39. The second-order valence-corrected chi connectivity index (χ2v) is 6.89. The summed E-state index contributed by atoms with van der Waals surface area (Å²) in [4.78, 5) is 25.3. The van der Waals surface area contributed by atoms with Gasteiger partial charge in [-0.05, 0) is 17.0 Å². The average molecular weight is 384 g/mol. The molecule has 5 nitrogen and oxygen atoms in total. The summed E-state index contributed by atoms with van der Waals surface area (Å²) in [7, 11) is 0.818. The number of hydrogen-bond donors (Lipinski definition) is 2. The number of benzene rings is 1. The first-order valence-corrected chi connectivity index (χ1v) is 8.52. The molecule has 1 aromatic heterocycles. The highest BCUT2D eigenvalue weighted by Gasteiger charge is 2.69. The predicted molar refractivity (Wildman–Crippen MR) is 88.6 cm³/mol. The minimum absolute atomic E-state index is 0.0724. The SMILES string of the molecule is CN1C(=O)N[C@H](c2ccccc2)[C@H](C(=O)c2cccs2)[C@@]1(O)C(F)(F)F. The highest BCUT2D eigenvalue weighted by atomic mass is 32.1. The van der Waals surface area contributed by atoms with E-state index in [1.165, 1.54) is 24.3 Å². The Morgan fingerprint density at radius 3 is 2.42 bits per heavy atom. The molecule has 0 saturated carbocycles. The number of thiophene rings is 1. The van der Waals surface area contributed by atoms with Gasteiger partial charge in [-0.15, -0.1) is 11.3 Å². The number of alkyl halides is 3. The number of nitrogens with one attached hydrogen (secondary N) is 1. The first-order chi connectivity index (χ1) is 12.2. The van der Waals surface area contributed by atoms with Gasteiger partial charge in [0.05, 0.1) is 10.9 Å². The summed E-state index contributed by atoms with van der Waals surface area (Å²) in [6, 6.07) is 8.30. The van der Waals surface area contributed by atoms with E-state index in [-0.39, 0.29) is 9.78 Å². The van der Waals surface area contributed by atoms with Crippen molar-refractivity contribution < 1.29 is 27.9 Å². The number of amides is 2. The lowest BCUT2D eigenvalue weighted by Crippen LogP contribution is -2.72. The molecule has 26 heavy (non-hydrogen) atoms. The van der Waals surface area contributed by atoms with Gasteiger partial charge in [-0.2, -0.15) is 13.2 Å². The molecule has 0 spiro atoms. The van der Waals surface area contributed by atoms with Crippen molar-refractivity contribution in [2.24, 2.45) is 5.92 Å². The van der Waals surface area contributed by atoms with Crippen molar-refractivity contribution in [2.45, 2.75) is 17.9 Å². The number of nitrogens with zero attached hydrogens (tertiary/aromatic N) is 1. The molecule has 1 aromatic carbocycles. The maximum atomic E-state index is 13.9. The van der Waals surface area contributed by atoms with E-state index in [0.717, 1.165) is 18.4 Å². The van der Waals surface area contributed by atoms with Crippen LogP contribution in [0.5, 0.6) is 0 Å². The number of carbonyl (C=O) groups is 2. The van der Waals surface area contributed by atoms with Crippen molar-refractivity contribution in [1.29, 1.82) is 0 Å². The van der Waals surface area contributed by atoms with Crippen LogP contribution in [0.3, 0.4) is 0 Å². The van der Waals surface area contributed by atoms with Crippen LogP contribution in [0.1, 0.15) is 21.3 Å². The number of urea groups is 1. The molecule has 1 saturated heterocycles. The van der Waals surface area contributed by atoms with E-state index in [2.05, 4.69) is 5.32 Å². The Labute approximate surface area is 151 Å². The third kappa shape index (κ3) is 2.77. The standard InChI is InChI=1S/C17H15F3N2O3S/c1-22-15(24)21-13(10-6-3-2-4-7-10)12(16(22,25)17(18,19)20)14(23)11-8-5-9-26-11/h2-9,12-13,25H,1H3,(H,21,24)/t12-,13-,16-/m1/s1. The van der Waals surface area contributed by atoms with Crippen LogP contribution in [-0.4, -0.2) is 40.8 Å². The molecule has 0 bridgehead atoms. The molecular weight excluding hydrogens is 369 g/mol. The van der Waals surface area contributed by atoms with Gasteiger partial charge in [0, 0.05) is 7.05 Å². The summed E-state index contributed by atoms with van der Waals surface area (Å²) >= 11 is 0.976. The van der Waals surface area contributed by atoms with Gasteiger partial charge in [-0.3, -0.25) is 9.69 Å². The van der Waals surface area contributed by atoms with Crippen LogP contribution in [0.2, 0.25) is 0 Å². The largest absolute Gasteiger partial charge is 0.437 e. The van der Waals surface area contributed by atoms with E-state index in [0.29, 0.717) is 5.56 Å². The summed E-state index contributed by atoms with van der Waals surface area (Å²) in [6.07, 6.45) is -5.23. The molecule has 138 valence electrons. The van der Waals surface area contributed by atoms with Crippen molar-refractivity contribution in [1.82, 2.24) is 10.2 Å². The number of Topliss-reactive ketones (excluding diaryl/α,β-unsaturated/α-hetero) is 1. The molecular formula is C17H15F3N2O3S.